The molecule has 1 aromatic heterocycles. The molecule has 1 atom stereocenters. The molecule has 1 fully saturated rings. The van der Waals surface area contributed by atoms with Gasteiger partial charge in [-0.25, -0.2) is 9.78 Å². The van der Waals surface area contributed by atoms with Crippen molar-refractivity contribution in [1.29, 1.82) is 0 Å². The molecule has 114 valence electrons. The number of carboxylic acids is 1. The van der Waals surface area contributed by atoms with Crippen molar-refractivity contribution in [3.8, 4) is 0 Å². The second kappa shape index (κ2) is 6.49. The number of nitrogens with zero attached hydrogens (tertiary/aromatic N) is 3. The van der Waals surface area contributed by atoms with Crippen LogP contribution < -0.4 is 4.90 Å². The molecule has 0 saturated carbocycles. The van der Waals surface area contributed by atoms with E-state index in [1.807, 2.05) is 0 Å². The molecule has 0 spiro atoms. The lowest BCUT2D eigenvalue weighted by atomic mass is 9.95. The molecule has 2 N–H and O–H groups in total. The number of piperidine rings is 1. The molecule has 1 saturated heterocycles. The highest BCUT2D eigenvalue weighted by molar-refractivity contribution is 5.86. The molecular weight excluding hydrogens is 278 g/mol. The van der Waals surface area contributed by atoms with Crippen LogP contribution >= 0.6 is 0 Å². The van der Waals surface area contributed by atoms with Crippen molar-refractivity contribution in [1.82, 2.24) is 4.98 Å². The maximum absolute atomic E-state index is 11.1. The minimum absolute atomic E-state index is 0.0726. The lowest BCUT2D eigenvalue weighted by molar-refractivity contribution is -0.384. The molecule has 0 bridgehead atoms. The van der Waals surface area contributed by atoms with E-state index >= 15 is 0 Å². The zero-order chi connectivity index (χ0) is 15.4. The summed E-state index contributed by atoms with van der Waals surface area (Å²) in [6, 6.07) is 2.32. The van der Waals surface area contributed by atoms with Crippen LogP contribution in [0.2, 0.25) is 0 Å². The van der Waals surface area contributed by atoms with Gasteiger partial charge in [-0.1, -0.05) is 0 Å². The van der Waals surface area contributed by atoms with Crippen LogP contribution in [0.15, 0.2) is 12.1 Å². The Bertz CT molecular complexity index is 547. The van der Waals surface area contributed by atoms with Crippen LogP contribution in [0.25, 0.3) is 0 Å². The third-order valence-electron chi connectivity index (χ3n) is 3.63. The van der Waals surface area contributed by atoms with Gasteiger partial charge in [0.2, 0.25) is 5.82 Å². The third kappa shape index (κ3) is 3.46. The summed E-state index contributed by atoms with van der Waals surface area (Å²) >= 11 is 0. The summed E-state index contributed by atoms with van der Waals surface area (Å²) in [6.45, 7) is 1.21. The highest BCUT2D eigenvalue weighted by Crippen LogP contribution is 2.30. The first-order chi connectivity index (χ1) is 10.0. The normalized spacial score (nSPS) is 18.5. The Hall–Kier alpha value is -2.22. The molecule has 0 radical (unpaired) electrons. The number of aromatic carboxylic acids is 1. The first kappa shape index (κ1) is 15.2. The van der Waals surface area contributed by atoms with Gasteiger partial charge >= 0.3 is 11.7 Å². The number of pyridine rings is 1. The molecule has 1 unspecified atom stereocenters. The Balaban J connectivity index is 2.33. The van der Waals surface area contributed by atoms with E-state index in [0.29, 0.717) is 19.5 Å². The Morgan fingerprint density at radius 1 is 1.52 bits per heavy atom. The van der Waals surface area contributed by atoms with Crippen molar-refractivity contribution in [3.63, 3.8) is 0 Å². The molecule has 1 aliphatic rings. The minimum Gasteiger partial charge on any atom is -0.477 e. The van der Waals surface area contributed by atoms with Gasteiger partial charge in [-0.15, -0.1) is 0 Å². The first-order valence-corrected chi connectivity index (χ1v) is 6.77. The van der Waals surface area contributed by atoms with E-state index in [9.17, 15) is 14.9 Å². The molecule has 8 nitrogen and oxygen atoms in total. The van der Waals surface area contributed by atoms with Crippen LogP contribution in [0.3, 0.4) is 0 Å². The second-order valence-electron chi connectivity index (χ2n) is 5.07. The van der Waals surface area contributed by atoms with E-state index in [-0.39, 0.29) is 29.7 Å². The van der Waals surface area contributed by atoms with Gasteiger partial charge in [0, 0.05) is 25.8 Å². The quantitative estimate of drug-likeness (QED) is 0.620. The Labute approximate surface area is 121 Å². The zero-order valence-corrected chi connectivity index (χ0v) is 11.4. The average molecular weight is 295 g/mol. The largest absolute Gasteiger partial charge is 0.477 e. The summed E-state index contributed by atoms with van der Waals surface area (Å²) in [5.41, 5.74) is -0.399. The smallest absolute Gasteiger partial charge is 0.354 e. The fourth-order valence-corrected chi connectivity index (χ4v) is 2.61. The van der Waals surface area contributed by atoms with Crippen LogP contribution in [-0.4, -0.2) is 45.8 Å². The van der Waals surface area contributed by atoms with E-state index in [2.05, 4.69) is 4.98 Å². The summed E-state index contributed by atoms with van der Waals surface area (Å²) in [6.07, 6.45) is 2.41. The topological polar surface area (TPSA) is 117 Å². The van der Waals surface area contributed by atoms with Gasteiger partial charge in [-0.3, -0.25) is 10.1 Å². The molecule has 2 rings (SSSR count). The molecular formula is C13H17N3O5. The molecule has 8 heteroatoms. The number of carboxylic acid groups (broad SMARTS) is 1. The first-order valence-electron chi connectivity index (χ1n) is 6.77. The predicted octanol–water partition coefficient (Wildman–Crippen LogP) is 1.29. The number of hydrogen-bond donors (Lipinski definition) is 2. The van der Waals surface area contributed by atoms with Crippen molar-refractivity contribution >= 4 is 17.5 Å². The van der Waals surface area contributed by atoms with Crippen molar-refractivity contribution in [3.05, 3.63) is 27.9 Å². The van der Waals surface area contributed by atoms with E-state index in [1.165, 1.54) is 6.07 Å². The van der Waals surface area contributed by atoms with Crippen LogP contribution in [-0.2, 0) is 0 Å². The maximum atomic E-state index is 11.1. The Kier molecular flexibility index (Phi) is 4.69. The highest BCUT2D eigenvalue weighted by Gasteiger charge is 2.27. The summed E-state index contributed by atoms with van der Waals surface area (Å²) < 4.78 is 0. The predicted molar refractivity (Wildman–Crippen MR) is 74.5 cm³/mol. The number of aliphatic hydroxyl groups is 1. The fraction of sp³-hybridized carbons (Fsp3) is 0.538. The monoisotopic (exact) mass is 295 g/mol. The number of hydrogen-bond acceptors (Lipinski definition) is 6. The minimum atomic E-state index is -1.21. The fourth-order valence-electron chi connectivity index (χ4n) is 2.61. The number of rotatable bonds is 5. The van der Waals surface area contributed by atoms with Gasteiger partial charge in [-0.2, -0.15) is 0 Å². The van der Waals surface area contributed by atoms with Crippen LogP contribution in [0, 0.1) is 16.0 Å². The van der Waals surface area contributed by atoms with Crippen molar-refractivity contribution in [2.45, 2.75) is 19.3 Å². The number of anilines is 1. The third-order valence-corrected chi connectivity index (χ3v) is 3.63. The van der Waals surface area contributed by atoms with Crippen molar-refractivity contribution < 1.29 is 19.9 Å². The van der Waals surface area contributed by atoms with Gasteiger partial charge in [0.15, 0.2) is 5.69 Å². The average Bonchev–Trinajstić information content (AvgIpc) is 2.47. The molecule has 0 amide bonds. The van der Waals surface area contributed by atoms with E-state index in [1.54, 1.807) is 4.90 Å². The number of nitro groups is 1. The van der Waals surface area contributed by atoms with E-state index < -0.39 is 10.9 Å². The van der Waals surface area contributed by atoms with Crippen LogP contribution in [0.5, 0.6) is 0 Å². The van der Waals surface area contributed by atoms with E-state index in [0.717, 1.165) is 18.9 Å². The molecule has 1 aliphatic heterocycles. The number of carbonyl (C=O) groups is 1. The standard InChI is InChI=1S/C13H17N3O5/c17-7-5-9-2-1-6-15(8-9)12-11(16(20)21)4-3-10(14-12)13(18)19/h3-4,9,17H,1-2,5-8H2,(H,18,19). The number of aliphatic hydroxyl groups excluding tert-OH is 1. The number of aromatic nitrogens is 1. The van der Waals surface area contributed by atoms with Gasteiger partial charge in [0.05, 0.1) is 4.92 Å². The van der Waals surface area contributed by atoms with Gasteiger partial charge in [0.1, 0.15) is 0 Å². The van der Waals surface area contributed by atoms with Crippen LogP contribution in [0.4, 0.5) is 11.5 Å². The molecule has 1 aromatic rings. The summed E-state index contributed by atoms with van der Waals surface area (Å²) in [4.78, 5) is 27.2. The summed E-state index contributed by atoms with van der Waals surface area (Å²) in [5, 5.41) is 29.1. The molecule has 0 aromatic carbocycles. The van der Waals surface area contributed by atoms with Gasteiger partial charge in [0.25, 0.3) is 0 Å². The van der Waals surface area contributed by atoms with Crippen LogP contribution in [0.1, 0.15) is 29.8 Å². The highest BCUT2D eigenvalue weighted by atomic mass is 16.6. The van der Waals surface area contributed by atoms with Gasteiger partial charge < -0.3 is 15.1 Å². The van der Waals surface area contributed by atoms with E-state index in [4.69, 9.17) is 10.2 Å². The molecule has 0 aliphatic carbocycles. The van der Waals surface area contributed by atoms with Crippen molar-refractivity contribution in [2.75, 3.05) is 24.6 Å². The molecule has 21 heavy (non-hydrogen) atoms. The van der Waals surface area contributed by atoms with Gasteiger partial charge in [-0.05, 0) is 31.2 Å². The second-order valence-corrected chi connectivity index (χ2v) is 5.07. The summed E-state index contributed by atoms with van der Waals surface area (Å²) in [5.74, 6) is -0.878. The zero-order valence-electron chi connectivity index (χ0n) is 11.4. The lowest BCUT2D eigenvalue weighted by Crippen LogP contribution is -2.37. The maximum Gasteiger partial charge on any atom is 0.354 e. The Morgan fingerprint density at radius 3 is 2.90 bits per heavy atom. The SMILES string of the molecule is O=C(O)c1ccc([N+](=O)[O-])c(N2CCCC(CCO)C2)n1. The lowest BCUT2D eigenvalue weighted by Gasteiger charge is -2.33. The van der Waals surface area contributed by atoms with Crippen molar-refractivity contribution in [2.24, 2.45) is 5.92 Å². The molecule has 2 heterocycles. The Morgan fingerprint density at radius 2 is 2.29 bits per heavy atom. The summed E-state index contributed by atoms with van der Waals surface area (Å²) in [7, 11) is 0.